The van der Waals surface area contributed by atoms with Crippen molar-refractivity contribution in [2.45, 2.75) is 34.3 Å². The van der Waals surface area contributed by atoms with Gasteiger partial charge in [-0.1, -0.05) is 56.3 Å². The Morgan fingerprint density at radius 3 is 2.42 bits per heavy atom. The van der Waals surface area contributed by atoms with Crippen LogP contribution in [0.1, 0.15) is 38.8 Å². The minimum Gasteiger partial charge on any atom is -0.493 e. The van der Waals surface area contributed by atoms with E-state index in [4.69, 9.17) is 9.47 Å². The van der Waals surface area contributed by atoms with E-state index < -0.39 is 0 Å². The maximum Gasteiger partial charge on any atom is 0.122 e. The van der Waals surface area contributed by atoms with Crippen molar-refractivity contribution in [1.82, 2.24) is 0 Å². The van der Waals surface area contributed by atoms with Crippen LogP contribution in [0.5, 0.6) is 0 Å². The van der Waals surface area contributed by atoms with E-state index in [1.165, 1.54) is 21.9 Å². The van der Waals surface area contributed by atoms with E-state index in [2.05, 4.69) is 69.3 Å². The summed E-state index contributed by atoms with van der Waals surface area (Å²) in [6.07, 6.45) is 4.21. The van der Waals surface area contributed by atoms with Crippen molar-refractivity contribution in [3.05, 3.63) is 65.4 Å². The Bertz CT molecular complexity index is 791. The van der Waals surface area contributed by atoms with Gasteiger partial charge in [-0.25, -0.2) is 0 Å². The van der Waals surface area contributed by atoms with Gasteiger partial charge < -0.3 is 9.47 Å². The quantitative estimate of drug-likeness (QED) is 0.617. The van der Waals surface area contributed by atoms with E-state index in [0.717, 1.165) is 11.3 Å². The van der Waals surface area contributed by atoms with E-state index in [1.54, 1.807) is 0 Å². The zero-order valence-corrected chi connectivity index (χ0v) is 15.1. The molecule has 0 saturated heterocycles. The van der Waals surface area contributed by atoms with Gasteiger partial charge in [-0.15, -0.1) is 0 Å². The third kappa shape index (κ3) is 3.25. The molecule has 3 rings (SSSR count). The van der Waals surface area contributed by atoms with Crippen molar-refractivity contribution in [1.29, 1.82) is 0 Å². The summed E-state index contributed by atoms with van der Waals surface area (Å²) in [4.78, 5) is 0. The molecule has 0 amide bonds. The third-order valence-corrected chi connectivity index (χ3v) is 4.47. The molecular formula is C22H26O2. The standard InChI is InChI=1S/C22H26O2/c1-5-18-19-12-8-10-16-9-7-11-17(21(16)19)13-23-14-22(3,4)15-24-20(18)6-2/h5-12H,13-15H2,1-4H3/b18-5?,20-6+. The molecule has 0 bridgehead atoms. The lowest BCUT2D eigenvalue weighted by Gasteiger charge is -2.25. The highest BCUT2D eigenvalue weighted by Gasteiger charge is 2.23. The Labute approximate surface area is 144 Å². The van der Waals surface area contributed by atoms with E-state index in [0.29, 0.717) is 19.8 Å². The molecule has 0 N–H and O–H groups in total. The molecule has 0 fully saturated rings. The highest BCUT2D eigenvalue weighted by Crippen LogP contribution is 2.34. The van der Waals surface area contributed by atoms with E-state index in [1.807, 2.05) is 6.92 Å². The first-order valence-corrected chi connectivity index (χ1v) is 8.60. The van der Waals surface area contributed by atoms with Crippen LogP contribution >= 0.6 is 0 Å². The highest BCUT2D eigenvalue weighted by molar-refractivity contribution is 5.98. The molecule has 2 aromatic rings. The Morgan fingerprint density at radius 1 is 0.958 bits per heavy atom. The molecular weight excluding hydrogens is 296 g/mol. The summed E-state index contributed by atoms with van der Waals surface area (Å²) in [5.74, 6) is 0.940. The van der Waals surface area contributed by atoms with Crippen molar-refractivity contribution in [2.24, 2.45) is 5.41 Å². The minimum atomic E-state index is -0.0302. The summed E-state index contributed by atoms with van der Waals surface area (Å²) in [7, 11) is 0. The predicted molar refractivity (Wildman–Crippen MR) is 101 cm³/mol. The van der Waals surface area contributed by atoms with Gasteiger partial charge in [-0.3, -0.25) is 0 Å². The Hall–Kier alpha value is -2.06. The first-order valence-electron chi connectivity index (χ1n) is 8.60. The predicted octanol–water partition coefficient (Wildman–Crippen LogP) is 5.72. The first-order chi connectivity index (χ1) is 11.6. The molecule has 2 heteroatoms. The summed E-state index contributed by atoms with van der Waals surface area (Å²) < 4.78 is 12.2. The van der Waals surface area contributed by atoms with Gasteiger partial charge in [-0.05, 0) is 41.8 Å². The van der Waals surface area contributed by atoms with Crippen LogP contribution in [0.2, 0.25) is 0 Å². The number of benzene rings is 2. The molecule has 0 radical (unpaired) electrons. The number of ether oxygens (including phenoxy) is 2. The average molecular weight is 322 g/mol. The Balaban J connectivity index is 2.23. The first kappa shape index (κ1) is 16.8. The Kier molecular flexibility index (Phi) is 4.77. The van der Waals surface area contributed by atoms with E-state index in [-0.39, 0.29) is 5.41 Å². The van der Waals surface area contributed by atoms with Crippen molar-refractivity contribution in [3.8, 4) is 0 Å². The summed E-state index contributed by atoms with van der Waals surface area (Å²) in [6, 6.07) is 12.9. The fourth-order valence-electron chi connectivity index (χ4n) is 3.26. The summed E-state index contributed by atoms with van der Waals surface area (Å²) in [5, 5.41) is 2.50. The number of hydrogen-bond acceptors (Lipinski definition) is 2. The van der Waals surface area contributed by atoms with Crippen LogP contribution in [0.3, 0.4) is 0 Å². The van der Waals surface area contributed by atoms with Crippen LogP contribution in [0.15, 0.2) is 54.3 Å². The molecule has 1 heterocycles. The van der Waals surface area contributed by atoms with E-state index >= 15 is 0 Å². The van der Waals surface area contributed by atoms with Gasteiger partial charge in [0.25, 0.3) is 0 Å². The molecule has 126 valence electrons. The molecule has 1 aliphatic heterocycles. The van der Waals surface area contributed by atoms with Crippen LogP contribution in [0, 0.1) is 5.41 Å². The van der Waals surface area contributed by atoms with Gasteiger partial charge in [0.15, 0.2) is 0 Å². The lowest BCUT2D eigenvalue weighted by atomic mass is 9.93. The number of allylic oxidation sites excluding steroid dienone is 3. The second-order valence-electron chi connectivity index (χ2n) is 7.12. The molecule has 0 spiro atoms. The van der Waals surface area contributed by atoms with Crippen LogP contribution in [-0.4, -0.2) is 13.2 Å². The zero-order chi connectivity index (χ0) is 17.2. The maximum absolute atomic E-state index is 6.20. The summed E-state index contributed by atoms with van der Waals surface area (Å²) in [6.45, 7) is 10.4. The second kappa shape index (κ2) is 6.82. The maximum atomic E-state index is 6.20. The SMILES string of the molecule is CC=C1/C(=C\C)OCC(C)(C)COCc2cccc3cccc1c23. The van der Waals surface area contributed by atoms with Crippen molar-refractivity contribution in [3.63, 3.8) is 0 Å². The van der Waals surface area contributed by atoms with Crippen LogP contribution in [0.25, 0.3) is 16.3 Å². The topological polar surface area (TPSA) is 18.5 Å². The largest absolute Gasteiger partial charge is 0.493 e. The average Bonchev–Trinajstić information content (AvgIpc) is 2.59. The summed E-state index contributed by atoms with van der Waals surface area (Å²) >= 11 is 0. The molecule has 24 heavy (non-hydrogen) atoms. The van der Waals surface area contributed by atoms with Gasteiger partial charge in [-0.2, -0.15) is 0 Å². The van der Waals surface area contributed by atoms with Crippen LogP contribution in [-0.2, 0) is 16.1 Å². The van der Waals surface area contributed by atoms with Gasteiger partial charge in [0.2, 0.25) is 0 Å². The molecule has 2 nitrogen and oxygen atoms in total. The molecule has 0 atom stereocenters. The zero-order valence-electron chi connectivity index (χ0n) is 15.1. The fraction of sp³-hybridized carbons (Fsp3) is 0.364. The normalized spacial score (nSPS) is 21.5. The number of rotatable bonds is 0. The monoisotopic (exact) mass is 322 g/mol. The van der Waals surface area contributed by atoms with Gasteiger partial charge in [0.1, 0.15) is 5.76 Å². The lowest BCUT2D eigenvalue weighted by molar-refractivity contribution is 0.0125. The lowest BCUT2D eigenvalue weighted by Crippen LogP contribution is -2.25. The van der Waals surface area contributed by atoms with Gasteiger partial charge in [0, 0.05) is 11.0 Å². The molecule has 0 unspecified atom stereocenters. The highest BCUT2D eigenvalue weighted by atomic mass is 16.5. The molecule has 2 aromatic carbocycles. The molecule has 0 aliphatic carbocycles. The fourth-order valence-corrected chi connectivity index (χ4v) is 3.26. The van der Waals surface area contributed by atoms with E-state index in [9.17, 15) is 0 Å². The Morgan fingerprint density at radius 2 is 1.71 bits per heavy atom. The molecule has 1 aliphatic rings. The van der Waals surface area contributed by atoms with Crippen LogP contribution in [0.4, 0.5) is 0 Å². The van der Waals surface area contributed by atoms with Crippen molar-refractivity contribution in [2.75, 3.05) is 13.2 Å². The van der Waals surface area contributed by atoms with Crippen LogP contribution < -0.4 is 0 Å². The van der Waals surface area contributed by atoms with Crippen molar-refractivity contribution >= 4 is 16.3 Å². The summed E-state index contributed by atoms with van der Waals surface area (Å²) in [5.41, 5.74) is 3.56. The third-order valence-electron chi connectivity index (χ3n) is 4.47. The smallest absolute Gasteiger partial charge is 0.122 e. The molecule has 0 aromatic heterocycles. The number of hydrogen-bond donors (Lipinski definition) is 0. The second-order valence-corrected chi connectivity index (χ2v) is 7.12. The molecule has 0 saturated carbocycles. The van der Waals surface area contributed by atoms with Crippen molar-refractivity contribution < 1.29 is 9.47 Å². The van der Waals surface area contributed by atoms with Gasteiger partial charge in [0.05, 0.1) is 19.8 Å². The minimum absolute atomic E-state index is 0.0302. The van der Waals surface area contributed by atoms with Gasteiger partial charge >= 0.3 is 0 Å².